The second kappa shape index (κ2) is 14.2. The highest BCUT2D eigenvalue weighted by Gasteiger charge is 2.14. The van der Waals surface area contributed by atoms with E-state index in [4.69, 9.17) is 9.97 Å². The first-order chi connectivity index (χ1) is 24.7. The monoisotopic (exact) mass is 658 g/mol. The minimum absolute atomic E-state index is 0.960. The Labute approximate surface area is 298 Å². The van der Waals surface area contributed by atoms with E-state index in [-0.39, 0.29) is 0 Å². The number of aromatic nitrogens is 2. The average Bonchev–Trinajstić information content (AvgIpc) is 3.20. The summed E-state index contributed by atoms with van der Waals surface area (Å²) in [7, 11) is 0. The van der Waals surface area contributed by atoms with Gasteiger partial charge < -0.3 is 0 Å². The van der Waals surface area contributed by atoms with Crippen LogP contribution in [0.5, 0.6) is 0 Å². The second-order valence-electron chi connectivity index (χ2n) is 12.3. The first-order valence-corrected chi connectivity index (χ1v) is 17.6. The number of hydrogen-bond donors (Lipinski definition) is 0. The quantitative estimate of drug-likeness (QED) is 0.162. The van der Waals surface area contributed by atoms with Crippen molar-refractivity contribution in [3.05, 3.63) is 194 Å². The average molecular weight is 659 g/mol. The van der Waals surface area contributed by atoms with Gasteiger partial charge in [-0.1, -0.05) is 157 Å². The van der Waals surface area contributed by atoms with Crippen LogP contribution in [-0.4, -0.2) is 9.97 Å². The van der Waals surface area contributed by atoms with Gasteiger partial charge in [-0.3, -0.25) is 0 Å². The molecule has 8 rings (SSSR count). The zero-order valence-corrected chi connectivity index (χ0v) is 28.5. The Morgan fingerprint density at radius 3 is 1.24 bits per heavy atom. The second-order valence-corrected chi connectivity index (χ2v) is 13.4. The van der Waals surface area contributed by atoms with E-state index in [2.05, 4.69) is 183 Å². The van der Waals surface area contributed by atoms with Crippen LogP contribution in [0.4, 0.5) is 0 Å². The molecule has 0 aliphatic carbocycles. The summed E-state index contributed by atoms with van der Waals surface area (Å²) < 4.78 is 0. The largest absolute Gasteiger partial charge is 0.248 e. The van der Waals surface area contributed by atoms with Gasteiger partial charge in [0, 0.05) is 32.0 Å². The molecule has 0 bridgehead atoms. The molecule has 2 nitrogen and oxygen atoms in total. The molecular weight excluding hydrogens is 625 g/mol. The standard InChI is InChI=1S/C47H34N2S/c1-33-43(35-16-8-3-9-17-35)32-46(37-20-12-5-13-21-37)49-47(33)39-24-28-42(29-25-39)50-41-26-22-38(23-27-41)45-31-40(34-14-6-2-7-15-34)30-44(48-45)36-18-10-4-11-19-36/h2-32H,1H3. The van der Waals surface area contributed by atoms with Crippen molar-refractivity contribution < 1.29 is 0 Å². The molecule has 238 valence electrons. The third kappa shape index (κ3) is 6.78. The van der Waals surface area contributed by atoms with Gasteiger partial charge in [-0.15, -0.1) is 0 Å². The van der Waals surface area contributed by atoms with Gasteiger partial charge >= 0.3 is 0 Å². The van der Waals surface area contributed by atoms with Crippen molar-refractivity contribution in [3.8, 4) is 67.3 Å². The summed E-state index contributed by atoms with van der Waals surface area (Å²) >= 11 is 1.76. The van der Waals surface area contributed by atoms with E-state index in [1.165, 1.54) is 32.0 Å². The fourth-order valence-electron chi connectivity index (χ4n) is 6.31. The SMILES string of the molecule is Cc1c(-c2ccccc2)cc(-c2ccccc2)nc1-c1ccc(Sc2ccc(-c3cc(-c4ccccc4)cc(-c4ccccc4)n3)cc2)cc1. The lowest BCUT2D eigenvalue weighted by Crippen LogP contribution is -1.96. The molecule has 0 atom stereocenters. The van der Waals surface area contributed by atoms with E-state index in [1.807, 2.05) is 12.1 Å². The maximum absolute atomic E-state index is 5.19. The molecule has 2 aromatic heterocycles. The number of rotatable bonds is 8. The molecule has 0 N–H and O–H groups in total. The zero-order chi connectivity index (χ0) is 33.7. The summed E-state index contributed by atoms with van der Waals surface area (Å²) in [5, 5.41) is 0. The van der Waals surface area contributed by atoms with E-state index in [0.29, 0.717) is 0 Å². The van der Waals surface area contributed by atoms with Crippen molar-refractivity contribution in [1.82, 2.24) is 9.97 Å². The number of pyridine rings is 2. The minimum atomic E-state index is 0.960. The van der Waals surface area contributed by atoms with Crippen molar-refractivity contribution in [3.63, 3.8) is 0 Å². The Kier molecular flexibility index (Phi) is 8.88. The van der Waals surface area contributed by atoms with E-state index < -0.39 is 0 Å². The van der Waals surface area contributed by atoms with Crippen LogP contribution in [0.15, 0.2) is 198 Å². The number of benzene rings is 6. The Balaban J connectivity index is 1.07. The Hall–Kier alpha value is -6.03. The van der Waals surface area contributed by atoms with Crippen LogP contribution in [0.1, 0.15) is 5.56 Å². The molecule has 0 fully saturated rings. The molecule has 0 aliphatic rings. The van der Waals surface area contributed by atoms with Crippen LogP contribution in [0, 0.1) is 6.92 Å². The molecule has 6 aromatic carbocycles. The van der Waals surface area contributed by atoms with Crippen LogP contribution >= 0.6 is 11.8 Å². The summed E-state index contributed by atoms with van der Waals surface area (Å²) in [4.78, 5) is 12.6. The number of hydrogen-bond acceptors (Lipinski definition) is 3. The van der Waals surface area contributed by atoms with Crippen LogP contribution in [0.2, 0.25) is 0 Å². The zero-order valence-electron chi connectivity index (χ0n) is 27.7. The lowest BCUT2D eigenvalue weighted by molar-refractivity contribution is 1.26. The fraction of sp³-hybridized carbons (Fsp3) is 0.0213. The van der Waals surface area contributed by atoms with E-state index in [1.54, 1.807) is 11.8 Å². The van der Waals surface area contributed by atoms with Gasteiger partial charge in [0.25, 0.3) is 0 Å². The van der Waals surface area contributed by atoms with Gasteiger partial charge in [-0.2, -0.15) is 0 Å². The fourth-order valence-corrected chi connectivity index (χ4v) is 7.12. The topological polar surface area (TPSA) is 25.8 Å². The van der Waals surface area contributed by atoms with Crippen molar-refractivity contribution >= 4 is 11.8 Å². The predicted octanol–water partition coefficient (Wildman–Crippen LogP) is 12.9. The molecule has 0 radical (unpaired) electrons. The van der Waals surface area contributed by atoms with Gasteiger partial charge in [0.15, 0.2) is 0 Å². The van der Waals surface area contributed by atoms with Crippen molar-refractivity contribution in [2.45, 2.75) is 16.7 Å². The van der Waals surface area contributed by atoms with E-state index in [0.717, 1.165) is 50.6 Å². The van der Waals surface area contributed by atoms with Crippen molar-refractivity contribution in [1.29, 1.82) is 0 Å². The van der Waals surface area contributed by atoms with Crippen molar-refractivity contribution in [2.75, 3.05) is 0 Å². The Bertz CT molecular complexity index is 2300. The molecule has 3 heteroatoms. The number of nitrogens with zero attached hydrogens (tertiary/aromatic N) is 2. The van der Waals surface area contributed by atoms with Crippen LogP contribution in [0.25, 0.3) is 67.3 Å². The summed E-state index contributed by atoms with van der Waals surface area (Å²) in [6, 6.07) is 66.0. The summed E-state index contributed by atoms with van der Waals surface area (Å²) in [6.45, 7) is 2.18. The molecule has 0 saturated carbocycles. The molecule has 50 heavy (non-hydrogen) atoms. The highest BCUT2D eigenvalue weighted by atomic mass is 32.2. The predicted molar refractivity (Wildman–Crippen MR) is 210 cm³/mol. The summed E-state index contributed by atoms with van der Waals surface area (Å²) in [5.74, 6) is 0. The molecule has 2 heterocycles. The summed E-state index contributed by atoms with van der Waals surface area (Å²) in [6.07, 6.45) is 0. The molecule has 0 spiro atoms. The van der Waals surface area contributed by atoms with Gasteiger partial charge in [0.2, 0.25) is 0 Å². The van der Waals surface area contributed by atoms with Gasteiger partial charge in [-0.05, 0) is 77.2 Å². The molecule has 0 amide bonds. The minimum Gasteiger partial charge on any atom is -0.248 e. The molecule has 0 aliphatic heterocycles. The lowest BCUT2D eigenvalue weighted by Gasteiger charge is -2.15. The third-order valence-electron chi connectivity index (χ3n) is 8.94. The molecular formula is C47H34N2S. The van der Waals surface area contributed by atoms with Gasteiger partial charge in [-0.25, -0.2) is 9.97 Å². The first kappa shape index (κ1) is 31.3. The smallest absolute Gasteiger partial charge is 0.0744 e. The van der Waals surface area contributed by atoms with Crippen LogP contribution in [-0.2, 0) is 0 Å². The molecule has 0 saturated heterocycles. The van der Waals surface area contributed by atoms with Crippen molar-refractivity contribution in [2.24, 2.45) is 0 Å². The maximum atomic E-state index is 5.19. The van der Waals surface area contributed by atoms with Crippen LogP contribution in [0.3, 0.4) is 0 Å². The lowest BCUT2D eigenvalue weighted by atomic mass is 9.95. The Morgan fingerprint density at radius 2 is 0.740 bits per heavy atom. The Morgan fingerprint density at radius 1 is 0.340 bits per heavy atom. The van der Waals surface area contributed by atoms with Gasteiger partial charge in [0.1, 0.15) is 0 Å². The van der Waals surface area contributed by atoms with Gasteiger partial charge in [0.05, 0.1) is 22.8 Å². The summed E-state index contributed by atoms with van der Waals surface area (Å²) in [5.41, 5.74) is 14.2. The molecule has 0 unspecified atom stereocenters. The highest BCUT2D eigenvalue weighted by molar-refractivity contribution is 7.99. The van der Waals surface area contributed by atoms with E-state index in [9.17, 15) is 0 Å². The van der Waals surface area contributed by atoms with E-state index >= 15 is 0 Å². The first-order valence-electron chi connectivity index (χ1n) is 16.8. The normalized spacial score (nSPS) is 11.0. The highest BCUT2D eigenvalue weighted by Crippen LogP contribution is 2.37. The maximum Gasteiger partial charge on any atom is 0.0744 e. The van der Waals surface area contributed by atoms with Crippen LogP contribution < -0.4 is 0 Å². The molecule has 8 aromatic rings. The third-order valence-corrected chi connectivity index (χ3v) is 9.96.